The van der Waals surface area contributed by atoms with Crippen molar-refractivity contribution in [2.24, 2.45) is 0 Å². The van der Waals surface area contributed by atoms with Crippen molar-refractivity contribution in [3.8, 4) is 0 Å². The van der Waals surface area contributed by atoms with Gasteiger partial charge in [0.25, 0.3) is 5.91 Å². The lowest BCUT2D eigenvalue weighted by molar-refractivity contribution is -0.139. The van der Waals surface area contributed by atoms with Crippen LogP contribution in [0.5, 0.6) is 0 Å². The fourth-order valence-corrected chi connectivity index (χ4v) is 2.69. The van der Waals surface area contributed by atoms with Gasteiger partial charge in [0.15, 0.2) is 0 Å². The summed E-state index contributed by atoms with van der Waals surface area (Å²) in [6.07, 6.45) is 0.949. The highest BCUT2D eigenvalue weighted by molar-refractivity contribution is 14.1. The molecule has 0 aromatic carbocycles. The van der Waals surface area contributed by atoms with Crippen molar-refractivity contribution in [2.75, 3.05) is 13.7 Å². The molecule has 0 saturated carbocycles. The van der Waals surface area contributed by atoms with Crippen LogP contribution in [-0.2, 0) is 9.53 Å². The van der Waals surface area contributed by atoms with E-state index >= 15 is 0 Å². The number of aliphatic carboxylic acids is 1. The Labute approximate surface area is 123 Å². The number of methoxy groups -OCH3 is 1. The molecular weight excluding hydrogens is 369 g/mol. The molecule has 1 aromatic heterocycles. The maximum Gasteiger partial charge on any atom is 0.326 e. The highest BCUT2D eigenvalue weighted by Gasteiger charge is 2.20. The molecule has 100 valence electrons. The van der Waals surface area contributed by atoms with E-state index in [0.29, 0.717) is 25.0 Å². The van der Waals surface area contributed by atoms with Gasteiger partial charge in [-0.2, -0.15) is 0 Å². The summed E-state index contributed by atoms with van der Waals surface area (Å²) in [6.45, 7) is 0.482. The minimum absolute atomic E-state index is 0.348. The molecule has 18 heavy (non-hydrogen) atoms. The van der Waals surface area contributed by atoms with Gasteiger partial charge in [0, 0.05) is 19.1 Å². The molecule has 7 heteroatoms. The molecule has 2 N–H and O–H groups in total. The molecule has 5 nitrogen and oxygen atoms in total. The van der Waals surface area contributed by atoms with Crippen LogP contribution < -0.4 is 5.32 Å². The van der Waals surface area contributed by atoms with Gasteiger partial charge in [-0.05, 0) is 41.5 Å². The van der Waals surface area contributed by atoms with Crippen LogP contribution in [0.25, 0.3) is 0 Å². The molecule has 0 aliphatic heterocycles. The largest absolute Gasteiger partial charge is 0.480 e. The number of hydrogen-bond donors (Lipinski definition) is 2. The third-order valence-corrected chi connectivity index (χ3v) is 4.06. The number of carbonyl (C=O) groups excluding carboxylic acids is 1. The van der Waals surface area contributed by atoms with Gasteiger partial charge >= 0.3 is 5.97 Å². The van der Waals surface area contributed by atoms with Crippen molar-refractivity contribution in [2.45, 2.75) is 18.9 Å². The molecule has 0 fully saturated rings. The number of halogens is 1. The summed E-state index contributed by atoms with van der Waals surface area (Å²) in [4.78, 5) is 22.8. The number of carboxylic acid groups (broad SMARTS) is 1. The Morgan fingerprint density at radius 2 is 2.33 bits per heavy atom. The molecule has 1 amide bonds. The van der Waals surface area contributed by atoms with E-state index in [-0.39, 0.29) is 5.91 Å². The second-order valence-electron chi connectivity index (χ2n) is 3.64. The molecule has 0 aliphatic carbocycles. The molecule has 1 aromatic rings. The second-order valence-corrected chi connectivity index (χ2v) is 6.44. The number of rotatable bonds is 7. The van der Waals surface area contributed by atoms with E-state index in [1.807, 2.05) is 0 Å². The van der Waals surface area contributed by atoms with Gasteiger partial charge in [-0.15, -0.1) is 11.3 Å². The van der Waals surface area contributed by atoms with Crippen LogP contribution in [0.15, 0.2) is 11.4 Å². The molecule has 0 aliphatic rings. The van der Waals surface area contributed by atoms with Crippen LogP contribution in [-0.4, -0.2) is 36.7 Å². The predicted octanol–water partition coefficient (Wildman–Crippen LogP) is 1.96. The van der Waals surface area contributed by atoms with Gasteiger partial charge in [-0.1, -0.05) is 0 Å². The summed E-state index contributed by atoms with van der Waals surface area (Å²) in [6, 6.07) is 0.861. The van der Waals surface area contributed by atoms with Crippen molar-refractivity contribution < 1.29 is 19.4 Å². The Morgan fingerprint density at radius 3 is 2.83 bits per heavy atom. The van der Waals surface area contributed by atoms with Gasteiger partial charge in [0.1, 0.15) is 6.04 Å². The van der Waals surface area contributed by atoms with Crippen molar-refractivity contribution >= 4 is 45.8 Å². The highest BCUT2D eigenvalue weighted by atomic mass is 127. The first-order chi connectivity index (χ1) is 8.54. The van der Waals surface area contributed by atoms with E-state index in [2.05, 4.69) is 27.9 Å². The van der Waals surface area contributed by atoms with Crippen molar-refractivity contribution in [3.63, 3.8) is 0 Å². The zero-order chi connectivity index (χ0) is 13.5. The Bertz CT molecular complexity index is 421. The van der Waals surface area contributed by atoms with Crippen LogP contribution in [0.4, 0.5) is 0 Å². The third-order valence-electron chi connectivity index (χ3n) is 2.27. The summed E-state index contributed by atoms with van der Waals surface area (Å²) < 4.78 is 5.85. The molecule has 0 spiro atoms. The maximum atomic E-state index is 11.8. The molecule has 1 heterocycles. The number of thiophene rings is 1. The van der Waals surface area contributed by atoms with Crippen molar-refractivity contribution in [3.05, 3.63) is 19.9 Å². The zero-order valence-corrected chi connectivity index (χ0v) is 12.8. The summed E-state index contributed by atoms with van der Waals surface area (Å²) >= 11 is 3.56. The molecule has 0 radical (unpaired) electrons. The molecule has 0 bridgehead atoms. The number of carbonyl (C=O) groups is 2. The minimum atomic E-state index is -1.02. The van der Waals surface area contributed by atoms with Crippen LogP contribution in [0.3, 0.4) is 0 Å². The third kappa shape index (κ3) is 4.91. The van der Waals surface area contributed by atoms with Crippen LogP contribution in [0, 0.1) is 2.88 Å². The Morgan fingerprint density at radius 1 is 1.61 bits per heavy atom. The Balaban J connectivity index is 2.55. The standard InChI is InChI=1S/C11H14INO4S/c1-17-4-2-3-8(11(15)16)13-10(14)7-5-9(12)18-6-7/h5-6,8H,2-4H2,1H3,(H,13,14)(H,15,16). The van der Waals surface area contributed by atoms with Gasteiger partial charge in [-0.3, -0.25) is 4.79 Å². The lowest BCUT2D eigenvalue weighted by atomic mass is 10.1. The number of hydrogen-bond acceptors (Lipinski definition) is 4. The van der Waals surface area contributed by atoms with Crippen LogP contribution in [0.1, 0.15) is 23.2 Å². The van der Waals surface area contributed by atoms with E-state index in [4.69, 9.17) is 9.84 Å². The van der Waals surface area contributed by atoms with E-state index in [0.717, 1.165) is 2.88 Å². The maximum absolute atomic E-state index is 11.8. The lowest BCUT2D eigenvalue weighted by Crippen LogP contribution is -2.40. The summed E-state index contributed by atoms with van der Waals surface area (Å²) in [5.41, 5.74) is 0.502. The van der Waals surface area contributed by atoms with Crippen LogP contribution >= 0.6 is 33.9 Å². The molecule has 1 unspecified atom stereocenters. The van der Waals surface area contributed by atoms with Crippen LogP contribution in [0.2, 0.25) is 0 Å². The summed E-state index contributed by atoms with van der Waals surface area (Å²) in [5.74, 6) is -1.37. The minimum Gasteiger partial charge on any atom is -0.480 e. The van der Waals surface area contributed by atoms with E-state index < -0.39 is 12.0 Å². The Hall–Kier alpha value is -0.670. The quantitative estimate of drug-likeness (QED) is 0.558. The first-order valence-electron chi connectivity index (χ1n) is 5.31. The fourth-order valence-electron chi connectivity index (χ4n) is 1.36. The summed E-state index contributed by atoms with van der Waals surface area (Å²) in [5, 5.41) is 13.2. The highest BCUT2D eigenvalue weighted by Crippen LogP contribution is 2.16. The topological polar surface area (TPSA) is 75.6 Å². The first kappa shape index (κ1) is 15.4. The monoisotopic (exact) mass is 383 g/mol. The molecule has 0 saturated heterocycles. The smallest absolute Gasteiger partial charge is 0.326 e. The van der Waals surface area contributed by atoms with E-state index in [9.17, 15) is 9.59 Å². The van der Waals surface area contributed by atoms with E-state index in [1.54, 1.807) is 18.6 Å². The average molecular weight is 383 g/mol. The van der Waals surface area contributed by atoms with Gasteiger partial charge in [-0.25, -0.2) is 4.79 Å². The SMILES string of the molecule is COCCCC(NC(=O)c1csc(I)c1)C(=O)O. The second kappa shape index (κ2) is 7.70. The number of amides is 1. The van der Waals surface area contributed by atoms with Gasteiger partial charge in [0.2, 0.25) is 0 Å². The fraction of sp³-hybridized carbons (Fsp3) is 0.455. The summed E-state index contributed by atoms with van der Waals surface area (Å²) in [7, 11) is 1.56. The zero-order valence-electron chi connectivity index (χ0n) is 9.81. The van der Waals surface area contributed by atoms with Crippen molar-refractivity contribution in [1.82, 2.24) is 5.32 Å². The van der Waals surface area contributed by atoms with Gasteiger partial charge < -0.3 is 15.2 Å². The predicted molar refractivity (Wildman–Crippen MR) is 77.0 cm³/mol. The lowest BCUT2D eigenvalue weighted by Gasteiger charge is -2.13. The molecule has 1 atom stereocenters. The van der Waals surface area contributed by atoms with Crippen molar-refractivity contribution in [1.29, 1.82) is 0 Å². The Kier molecular flexibility index (Phi) is 6.58. The number of carboxylic acids is 1. The molecule has 1 rings (SSSR count). The molecular formula is C11H14INO4S. The first-order valence-corrected chi connectivity index (χ1v) is 7.27. The average Bonchev–Trinajstić information content (AvgIpc) is 2.74. The number of ether oxygens (including phenoxy) is 1. The normalized spacial score (nSPS) is 12.1. The van der Waals surface area contributed by atoms with Gasteiger partial charge in [0.05, 0.1) is 8.45 Å². The number of nitrogens with one attached hydrogen (secondary N) is 1. The van der Waals surface area contributed by atoms with E-state index in [1.165, 1.54) is 11.3 Å².